The number of rotatable bonds is 3. The van der Waals surface area contributed by atoms with E-state index < -0.39 is 0 Å². The number of hydrogen-bond acceptors (Lipinski definition) is 4. The van der Waals surface area contributed by atoms with Gasteiger partial charge in [0, 0.05) is 11.3 Å². The summed E-state index contributed by atoms with van der Waals surface area (Å²) in [6.07, 6.45) is 1.90. The van der Waals surface area contributed by atoms with Gasteiger partial charge in [-0.3, -0.25) is 0 Å². The summed E-state index contributed by atoms with van der Waals surface area (Å²) in [6, 6.07) is 21.0. The molecule has 3 aromatic carbocycles. The van der Waals surface area contributed by atoms with Crippen molar-refractivity contribution in [2.75, 3.05) is 0 Å². The Labute approximate surface area is 168 Å². The van der Waals surface area contributed by atoms with E-state index in [-0.39, 0.29) is 0 Å². The Kier molecular flexibility index (Phi) is 3.98. The summed E-state index contributed by atoms with van der Waals surface area (Å²) in [5.41, 5.74) is 2.99. The highest BCUT2D eigenvalue weighted by Crippen LogP contribution is 2.27. The summed E-state index contributed by atoms with van der Waals surface area (Å²) in [6.45, 7) is 5.85. The second kappa shape index (κ2) is 6.67. The fraction of sp³-hybridized carbons (Fsp3) is 0.130. The van der Waals surface area contributed by atoms with Gasteiger partial charge in [0.1, 0.15) is 0 Å². The molecule has 0 radical (unpaired) electrons. The van der Waals surface area contributed by atoms with Crippen LogP contribution in [0.25, 0.3) is 27.5 Å². The van der Waals surface area contributed by atoms with E-state index in [4.69, 9.17) is 5.10 Å². The van der Waals surface area contributed by atoms with Crippen molar-refractivity contribution < 1.29 is 0 Å². The molecule has 0 aliphatic heterocycles. The van der Waals surface area contributed by atoms with Crippen LogP contribution >= 0.6 is 0 Å². The van der Waals surface area contributed by atoms with Crippen LogP contribution < -0.4 is 0 Å². The maximum absolute atomic E-state index is 4.77. The van der Waals surface area contributed by atoms with E-state index in [2.05, 4.69) is 69.9 Å². The number of nitrogens with zero attached hydrogens (tertiary/aromatic N) is 6. The van der Waals surface area contributed by atoms with E-state index in [1.54, 1.807) is 9.36 Å². The summed E-state index contributed by atoms with van der Waals surface area (Å²) in [4.78, 5) is 0. The normalized spacial score (nSPS) is 11.8. The van der Waals surface area contributed by atoms with E-state index in [1.807, 2.05) is 33.1 Å². The summed E-state index contributed by atoms with van der Waals surface area (Å²) in [7, 11) is 0. The van der Waals surface area contributed by atoms with Crippen LogP contribution in [0.4, 0.5) is 0 Å². The molecule has 5 aromatic rings. The zero-order valence-electron chi connectivity index (χ0n) is 16.5. The first-order chi connectivity index (χ1) is 14.1. The van der Waals surface area contributed by atoms with Crippen LogP contribution in [0.1, 0.15) is 22.8 Å². The van der Waals surface area contributed by atoms with Crippen LogP contribution in [-0.4, -0.2) is 30.9 Å². The molecule has 142 valence electrons. The number of aryl methyl sites for hydroxylation is 3. The number of hydrogen-bond donors (Lipinski definition) is 0. The maximum atomic E-state index is 4.77. The van der Waals surface area contributed by atoms with Gasteiger partial charge in [-0.15, -0.1) is 10.2 Å². The first kappa shape index (κ1) is 17.3. The van der Waals surface area contributed by atoms with Crippen molar-refractivity contribution in [3.63, 3.8) is 0 Å². The molecule has 0 atom stereocenters. The van der Waals surface area contributed by atoms with Crippen LogP contribution in [0.3, 0.4) is 0 Å². The Hall–Kier alpha value is -3.80. The van der Waals surface area contributed by atoms with Gasteiger partial charge in [-0.1, -0.05) is 48.5 Å². The van der Waals surface area contributed by atoms with Crippen LogP contribution in [0.5, 0.6) is 0 Å². The summed E-state index contributed by atoms with van der Waals surface area (Å²) >= 11 is 0. The monoisotopic (exact) mass is 380 g/mol. The van der Waals surface area contributed by atoms with Crippen molar-refractivity contribution in [2.45, 2.75) is 20.8 Å². The quantitative estimate of drug-likeness (QED) is 0.340. The van der Waals surface area contributed by atoms with E-state index in [9.17, 15) is 0 Å². The van der Waals surface area contributed by atoms with Gasteiger partial charge in [0.2, 0.25) is 0 Å². The molecule has 5 rings (SSSR count). The third-order valence-corrected chi connectivity index (χ3v) is 5.09. The van der Waals surface area contributed by atoms with Crippen molar-refractivity contribution in [2.24, 2.45) is 5.10 Å². The number of fused-ring (bicyclic) bond motifs is 2. The fourth-order valence-electron chi connectivity index (χ4n) is 3.75. The molecule has 0 saturated carbocycles. The number of benzene rings is 3. The summed E-state index contributed by atoms with van der Waals surface area (Å²) in [5, 5.41) is 22.5. The lowest BCUT2D eigenvalue weighted by atomic mass is 9.97. The van der Waals surface area contributed by atoms with E-state index in [0.717, 1.165) is 27.7 Å². The number of aromatic nitrogens is 5. The average molecular weight is 380 g/mol. The first-order valence-electron chi connectivity index (χ1n) is 9.52. The molecule has 6 heteroatoms. The van der Waals surface area contributed by atoms with E-state index in [1.165, 1.54) is 10.8 Å². The lowest BCUT2D eigenvalue weighted by Crippen LogP contribution is -2.08. The van der Waals surface area contributed by atoms with Crippen LogP contribution in [0.15, 0.2) is 65.8 Å². The SMILES string of the molecule is Cc1cc(C)n(-c2nnc(C)n2/N=C/c2c3ccccc3cc3ccccc23)n1. The summed E-state index contributed by atoms with van der Waals surface area (Å²) in [5.74, 6) is 1.28. The zero-order chi connectivity index (χ0) is 20.0. The lowest BCUT2D eigenvalue weighted by Gasteiger charge is -2.08. The molecule has 6 nitrogen and oxygen atoms in total. The Morgan fingerprint density at radius 2 is 1.48 bits per heavy atom. The molecule has 0 aliphatic rings. The molecular formula is C23H20N6. The Bertz CT molecular complexity index is 1340. The predicted octanol–water partition coefficient (Wildman–Crippen LogP) is 4.58. The minimum Gasteiger partial charge on any atom is -0.202 e. The van der Waals surface area contributed by atoms with E-state index >= 15 is 0 Å². The zero-order valence-corrected chi connectivity index (χ0v) is 16.5. The molecule has 0 unspecified atom stereocenters. The Balaban J connectivity index is 1.71. The minimum atomic E-state index is 0.578. The van der Waals surface area contributed by atoms with Crippen molar-refractivity contribution >= 4 is 27.8 Å². The smallest absolute Gasteiger partial charge is 0.202 e. The highest BCUT2D eigenvalue weighted by molar-refractivity contribution is 6.13. The largest absolute Gasteiger partial charge is 0.273 e. The van der Waals surface area contributed by atoms with Gasteiger partial charge in [0.05, 0.1) is 11.9 Å². The highest BCUT2D eigenvalue weighted by atomic mass is 15.5. The maximum Gasteiger partial charge on any atom is 0.273 e. The lowest BCUT2D eigenvalue weighted by molar-refractivity contribution is 0.708. The van der Waals surface area contributed by atoms with Gasteiger partial charge in [0.15, 0.2) is 5.82 Å². The molecule has 0 spiro atoms. The fourth-order valence-corrected chi connectivity index (χ4v) is 3.75. The second-order valence-electron chi connectivity index (χ2n) is 7.18. The average Bonchev–Trinajstić information content (AvgIpc) is 3.25. The van der Waals surface area contributed by atoms with Crippen LogP contribution in [-0.2, 0) is 0 Å². The standard InChI is InChI=1S/C23H20N6/c1-15-12-16(2)28(27-15)23-26-25-17(3)29(23)24-14-22-20-10-6-4-8-18(20)13-19-9-5-7-11-21(19)22/h4-14H,1-3H3/b24-14+. The summed E-state index contributed by atoms with van der Waals surface area (Å²) < 4.78 is 3.50. The molecule has 0 fully saturated rings. The van der Waals surface area contributed by atoms with Crippen molar-refractivity contribution in [3.05, 3.63) is 83.4 Å². The van der Waals surface area contributed by atoms with Crippen LogP contribution in [0.2, 0.25) is 0 Å². The van der Waals surface area contributed by atoms with Gasteiger partial charge < -0.3 is 0 Å². The molecular weight excluding hydrogens is 360 g/mol. The predicted molar refractivity (Wildman–Crippen MR) is 116 cm³/mol. The van der Waals surface area contributed by atoms with Crippen molar-refractivity contribution in [1.82, 2.24) is 24.7 Å². The van der Waals surface area contributed by atoms with Crippen molar-refractivity contribution in [3.8, 4) is 5.95 Å². The molecule has 0 bridgehead atoms. The Morgan fingerprint density at radius 1 is 0.828 bits per heavy atom. The molecule has 2 heterocycles. The third-order valence-electron chi connectivity index (χ3n) is 5.09. The Morgan fingerprint density at radius 3 is 2.10 bits per heavy atom. The molecule has 0 aliphatic carbocycles. The molecule has 29 heavy (non-hydrogen) atoms. The molecule has 0 amide bonds. The topological polar surface area (TPSA) is 60.9 Å². The van der Waals surface area contributed by atoms with Gasteiger partial charge in [-0.05, 0) is 54.4 Å². The second-order valence-corrected chi connectivity index (χ2v) is 7.18. The highest BCUT2D eigenvalue weighted by Gasteiger charge is 2.14. The minimum absolute atomic E-state index is 0.578. The van der Waals surface area contributed by atoms with E-state index in [0.29, 0.717) is 11.8 Å². The third kappa shape index (κ3) is 2.89. The molecule has 0 saturated heterocycles. The molecule has 0 N–H and O–H groups in total. The van der Waals surface area contributed by atoms with Gasteiger partial charge in [0.25, 0.3) is 5.95 Å². The first-order valence-corrected chi connectivity index (χ1v) is 9.52. The van der Waals surface area contributed by atoms with Gasteiger partial charge in [-0.25, -0.2) is 4.68 Å². The van der Waals surface area contributed by atoms with Gasteiger partial charge in [-0.2, -0.15) is 14.9 Å². The molecule has 2 aromatic heterocycles. The van der Waals surface area contributed by atoms with Gasteiger partial charge >= 0.3 is 0 Å². The van der Waals surface area contributed by atoms with Crippen molar-refractivity contribution in [1.29, 1.82) is 0 Å². The van der Waals surface area contributed by atoms with Crippen LogP contribution in [0, 0.1) is 20.8 Å².